The Bertz CT molecular complexity index is 1140. The number of rotatable bonds is 9. The Morgan fingerprint density at radius 3 is 2.30 bits per heavy atom. The number of benzene rings is 2. The summed E-state index contributed by atoms with van der Waals surface area (Å²) >= 11 is 0. The molecule has 1 aliphatic rings. The van der Waals surface area contributed by atoms with E-state index in [0.717, 1.165) is 23.3 Å². The first kappa shape index (κ1) is 22.3. The molecule has 2 amide bonds. The van der Waals surface area contributed by atoms with Gasteiger partial charge in [0.05, 0.1) is 18.7 Å². The average Bonchev–Trinajstić information content (AvgIpc) is 3.09. The number of aromatic nitrogens is 1. The molecule has 1 aliphatic heterocycles. The lowest BCUT2D eigenvalue weighted by Gasteiger charge is -2.21. The Balaban J connectivity index is 1.69. The summed E-state index contributed by atoms with van der Waals surface area (Å²) in [6.45, 7) is 3.36. The molecule has 33 heavy (non-hydrogen) atoms. The van der Waals surface area contributed by atoms with Crippen molar-refractivity contribution in [3.63, 3.8) is 0 Å². The minimum Gasteiger partial charge on any atom is -0.494 e. The Morgan fingerprint density at radius 2 is 1.64 bits per heavy atom. The first-order valence-corrected chi connectivity index (χ1v) is 11.1. The van der Waals surface area contributed by atoms with E-state index >= 15 is 0 Å². The standard InChI is InChI=1S/C27H27N3O3/c1-3-16-33-23-13-11-22(12-14-23)24-25(29(2)18-20-8-5-4-6-9-20)27(32)30(26(24)31)19-21-10-7-15-28-17-21/h4-15,17H,3,16,18-19H2,1-2H3. The topological polar surface area (TPSA) is 62.7 Å². The lowest BCUT2D eigenvalue weighted by Crippen LogP contribution is -2.33. The fraction of sp³-hybridized carbons (Fsp3) is 0.222. The monoisotopic (exact) mass is 441 g/mol. The van der Waals surface area contributed by atoms with Gasteiger partial charge in [-0.15, -0.1) is 0 Å². The van der Waals surface area contributed by atoms with Crippen molar-refractivity contribution >= 4 is 17.4 Å². The number of nitrogens with zero attached hydrogens (tertiary/aromatic N) is 3. The molecule has 0 aliphatic carbocycles. The molecule has 0 fully saturated rings. The third-order valence-electron chi connectivity index (χ3n) is 5.47. The minimum absolute atomic E-state index is 0.176. The zero-order chi connectivity index (χ0) is 23.2. The third kappa shape index (κ3) is 4.95. The number of imide groups is 1. The van der Waals surface area contributed by atoms with Crippen LogP contribution in [-0.2, 0) is 22.7 Å². The molecule has 2 heterocycles. The van der Waals surface area contributed by atoms with Crippen LogP contribution in [0.1, 0.15) is 30.0 Å². The Labute approximate surface area is 194 Å². The van der Waals surface area contributed by atoms with Crippen molar-refractivity contribution in [2.24, 2.45) is 0 Å². The molecule has 168 valence electrons. The van der Waals surface area contributed by atoms with Crippen molar-refractivity contribution in [2.75, 3.05) is 13.7 Å². The highest BCUT2D eigenvalue weighted by Crippen LogP contribution is 2.33. The molecule has 6 heteroatoms. The number of amides is 2. The van der Waals surface area contributed by atoms with E-state index in [0.29, 0.717) is 30.0 Å². The summed E-state index contributed by atoms with van der Waals surface area (Å²) < 4.78 is 5.68. The van der Waals surface area contributed by atoms with Gasteiger partial charge in [-0.1, -0.05) is 55.5 Å². The molecule has 0 N–H and O–H groups in total. The van der Waals surface area contributed by atoms with Crippen LogP contribution in [0.15, 0.2) is 84.8 Å². The molecule has 2 aromatic carbocycles. The molecule has 0 saturated heterocycles. The van der Waals surface area contributed by atoms with Gasteiger partial charge >= 0.3 is 0 Å². The highest BCUT2D eigenvalue weighted by atomic mass is 16.5. The Kier molecular flexibility index (Phi) is 6.83. The van der Waals surface area contributed by atoms with Gasteiger partial charge in [0.25, 0.3) is 11.8 Å². The van der Waals surface area contributed by atoms with Crippen LogP contribution in [0.5, 0.6) is 5.75 Å². The maximum absolute atomic E-state index is 13.5. The lowest BCUT2D eigenvalue weighted by molar-refractivity contribution is -0.138. The van der Waals surface area contributed by atoms with E-state index in [1.54, 1.807) is 18.5 Å². The summed E-state index contributed by atoms with van der Waals surface area (Å²) in [5, 5.41) is 0. The van der Waals surface area contributed by atoms with Gasteiger partial charge in [0.2, 0.25) is 0 Å². The Hall–Kier alpha value is -3.93. The molecule has 0 bridgehead atoms. The van der Waals surface area contributed by atoms with E-state index < -0.39 is 0 Å². The van der Waals surface area contributed by atoms with E-state index in [1.807, 2.05) is 79.5 Å². The number of hydrogen-bond donors (Lipinski definition) is 0. The SMILES string of the molecule is CCCOc1ccc(C2=C(N(C)Cc3ccccc3)C(=O)N(Cc3cccnc3)C2=O)cc1. The van der Waals surface area contributed by atoms with Crippen LogP contribution in [0.25, 0.3) is 5.57 Å². The number of carbonyl (C=O) groups excluding carboxylic acids is 2. The normalized spacial score (nSPS) is 13.6. The molecule has 6 nitrogen and oxygen atoms in total. The molecule has 0 saturated carbocycles. The number of ether oxygens (including phenoxy) is 1. The number of pyridine rings is 1. The van der Waals surface area contributed by atoms with Gasteiger partial charge in [0.1, 0.15) is 11.4 Å². The predicted octanol–water partition coefficient (Wildman–Crippen LogP) is 4.28. The maximum atomic E-state index is 13.5. The van der Waals surface area contributed by atoms with E-state index in [2.05, 4.69) is 4.98 Å². The first-order valence-electron chi connectivity index (χ1n) is 11.1. The van der Waals surface area contributed by atoms with Gasteiger partial charge in [-0.2, -0.15) is 0 Å². The second-order valence-electron chi connectivity index (χ2n) is 8.00. The highest BCUT2D eigenvalue weighted by Gasteiger charge is 2.40. The smallest absolute Gasteiger partial charge is 0.278 e. The number of carbonyl (C=O) groups is 2. The highest BCUT2D eigenvalue weighted by molar-refractivity contribution is 6.35. The van der Waals surface area contributed by atoms with E-state index in [4.69, 9.17) is 4.74 Å². The summed E-state index contributed by atoms with van der Waals surface area (Å²) in [6.07, 6.45) is 4.26. The first-order chi connectivity index (χ1) is 16.1. The number of hydrogen-bond acceptors (Lipinski definition) is 5. The number of likely N-dealkylation sites (N-methyl/N-ethyl adjacent to an activating group) is 1. The van der Waals surface area contributed by atoms with Gasteiger partial charge in [-0.25, -0.2) is 0 Å². The molecule has 0 spiro atoms. The van der Waals surface area contributed by atoms with Gasteiger partial charge in [0, 0.05) is 26.0 Å². The van der Waals surface area contributed by atoms with E-state index in [-0.39, 0.29) is 18.4 Å². The van der Waals surface area contributed by atoms with Crippen molar-refractivity contribution in [1.29, 1.82) is 0 Å². The van der Waals surface area contributed by atoms with E-state index in [1.165, 1.54) is 4.90 Å². The van der Waals surface area contributed by atoms with Gasteiger partial charge < -0.3 is 9.64 Å². The summed E-state index contributed by atoms with van der Waals surface area (Å²) in [6, 6.07) is 20.9. The van der Waals surface area contributed by atoms with E-state index in [9.17, 15) is 9.59 Å². The molecule has 1 aromatic heterocycles. The molecule has 0 unspecified atom stereocenters. The molecular formula is C27H27N3O3. The van der Waals surface area contributed by atoms with Gasteiger partial charge in [0.15, 0.2) is 0 Å². The van der Waals surface area contributed by atoms with Crippen LogP contribution < -0.4 is 4.74 Å². The van der Waals surface area contributed by atoms with Crippen molar-refractivity contribution in [2.45, 2.75) is 26.4 Å². The zero-order valence-corrected chi connectivity index (χ0v) is 18.9. The minimum atomic E-state index is -0.305. The molecule has 3 aromatic rings. The maximum Gasteiger partial charge on any atom is 0.278 e. The van der Waals surface area contributed by atoms with Gasteiger partial charge in [-0.3, -0.25) is 19.5 Å². The summed E-state index contributed by atoms with van der Waals surface area (Å²) in [7, 11) is 1.85. The van der Waals surface area contributed by atoms with Crippen LogP contribution in [-0.4, -0.2) is 40.3 Å². The molecule has 0 radical (unpaired) electrons. The quantitative estimate of drug-likeness (QED) is 0.464. The lowest BCUT2D eigenvalue weighted by atomic mass is 10.0. The summed E-state index contributed by atoms with van der Waals surface area (Å²) in [5.41, 5.74) is 3.36. The average molecular weight is 442 g/mol. The molecule has 0 atom stereocenters. The predicted molar refractivity (Wildman–Crippen MR) is 127 cm³/mol. The largest absolute Gasteiger partial charge is 0.494 e. The van der Waals surface area contributed by atoms with Crippen LogP contribution >= 0.6 is 0 Å². The fourth-order valence-corrected chi connectivity index (χ4v) is 3.87. The second kappa shape index (κ2) is 10.1. The molecule has 4 rings (SSSR count). The Morgan fingerprint density at radius 1 is 0.909 bits per heavy atom. The summed E-state index contributed by atoms with van der Waals surface area (Å²) in [4.78, 5) is 34.3. The van der Waals surface area contributed by atoms with Crippen molar-refractivity contribution in [3.8, 4) is 5.75 Å². The fourth-order valence-electron chi connectivity index (χ4n) is 3.87. The molecular weight excluding hydrogens is 414 g/mol. The van der Waals surface area contributed by atoms with Crippen LogP contribution in [0.2, 0.25) is 0 Å². The van der Waals surface area contributed by atoms with Crippen molar-refractivity contribution in [3.05, 3.63) is 102 Å². The van der Waals surface area contributed by atoms with Crippen molar-refractivity contribution in [1.82, 2.24) is 14.8 Å². The second-order valence-corrected chi connectivity index (χ2v) is 8.00. The van der Waals surface area contributed by atoms with Crippen LogP contribution in [0.4, 0.5) is 0 Å². The van der Waals surface area contributed by atoms with Gasteiger partial charge in [-0.05, 0) is 41.3 Å². The summed E-state index contributed by atoms with van der Waals surface area (Å²) in [5.74, 6) is 0.133. The third-order valence-corrected chi connectivity index (χ3v) is 5.47. The van der Waals surface area contributed by atoms with Crippen molar-refractivity contribution < 1.29 is 14.3 Å². The zero-order valence-electron chi connectivity index (χ0n) is 18.9. The van der Waals surface area contributed by atoms with Crippen LogP contribution in [0.3, 0.4) is 0 Å². The van der Waals surface area contributed by atoms with Crippen LogP contribution in [0, 0.1) is 0 Å².